The van der Waals surface area contributed by atoms with E-state index in [-0.39, 0.29) is 6.29 Å². The predicted octanol–water partition coefficient (Wildman–Crippen LogP) is 7.12. The van der Waals surface area contributed by atoms with E-state index in [4.69, 9.17) is 9.47 Å². The molecule has 28 heavy (non-hydrogen) atoms. The Morgan fingerprint density at radius 3 is 1.86 bits per heavy atom. The van der Waals surface area contributed by atoms with Gasteiger partial charge in [-0.3, -0.25) is 0 Å². The molecule has 0 radical (unpaired) electrons. The third-order valence-corrected chi connectivity index (χ3v) is 7.38. The van der Waals surface area contributed by atoms with Crippen molar-refractivity contribution < 1.29 is 18.3 Å². The third kappa shape index (κ3) is 6.95. The first kappa shape index (κ1) is 22.0. The van der Waals surface area contributed by atoms with Crippen molar-refractivity contribution in [2.75, 3.05) is 13.2 Å². The molecule has 3 rings (SSSR count). The largest absolute Gasteiger partial charge is 0.349 e. The summed E-state index contributed by atoms with van der Waals surface area (Å²) < 4.78 is 36.0. The van der Waals surface area contributed by atoms with Gasteiger partial charge in [0.15, 0.2) is 6.29 Å². The van der Waals surface area contributed by atoms with Gasteiger partial charge in [-0.15, -0.1) is 0 Å². The molecular weight excluding hydrogens is 358 g/mol. The molecule has 3 fully saturated rings. The van der Waals surface area contributed by atoms with Gasteiger partial charge in [0.05, 0.1) is 13.2 Å². The van der Waals surface area contributed by atoms with E-state index in [1.54, 1.807) is 0 Å². The summed E-state index contributed by atoms with van der Waals surface area (Å²) in [7, 11) is 0. The van der Waals surface area contributed by atoms with Crippen LogP contribution in [0, 0.1) is 29.6 Å². The minimum atomic E-state index is -1.51. The van der Waals surface area contributed by atoms with E-state index in [2.05, 4.69) is 0 Å². The molecule has 2 saturated carbocycles. The van der Waals surface area contributed by atoms with Gasteiger partial charge in [-0.1, -0.05) is 25.3 Å². The highest BCUT2D eigenvalue weighted by molar-refractivity contribution is 4.88. The van der Waals surface area contributed by atoms with Crippen LogP contribution in [-0.4, -0.2) is 19.5 Å². The van der Waals surface area contributed by atoms with Crippen LogP contribution in [-0.2, 0) is 9.47 Å². The van der Waals surface area contributed by atoms with Crippen LogP contribution in [0.25, 0.3) is 0 Å². The van der Waals surface area contributed by atoms with Gasteiger partial charge in [0.1, 0.15) is 0 Å². The number of allylic oxidation sites excluding steroid dienone is 2. The molecule has 0 aromatic carbocycles. The predicted molar refractivity (Wildman–Crippen MR) is 109 cm³/mol. The lowest BCUT2D eigenvalue weighted by Crippen LogP contribution is -2.31. The van der Waals surface area contributed by atoms with Gasteiger partial charge in [-0.2, -0.15) is 8.78 Å². The third-order valence-electron chi connectivity index (χ3n) is 7.38. The average molecular weight is 397 g/mol. The summed E-state index contributed by atoms with van der Waals surface area (Å²) in [5.74, 6) is 3.64. The topological polar surface area (TPSA) is 18.5 Å². The Bertz CT molecular complexity index is 491. The van der Waals surface area contributed by atoms with Crippen molar-refractivity contribution in [1.82, 2.24) is 0 Å². The molecule has 0 atom stereocenters. The fourth-order valence-electron chi connectivity index (χ4n) is 5.56. The SMILES string of the molecule is C/C=C/C1OCC(CCC2CCC(C3CCC(CC=C(F)F)CC3)CC2)CO1. The fourth-order valence-corrected chi connectivity index (χ4v) is 5.56. The molecule has 1 heterocycles. The molecule has 0 N–H and O–H groups in total. The molecule has 0 amide bonds. The monoisotopic (exact) mass is 396 g/mol. The highest BCUT2D eigenvalue weighted by Gasteiger charge is 2.31. The molecule has 0 unspecified atom stereocenters. The summed E-state index contributed by atoms with van der Waals surface area (Å²) in [4.78, 5) is 0. The molecule has 0 aromatic heterocycles. The van der Waals surface area contributed by atoms with Gasteiger partial charge in [-0.05, 0) is 94.1 Å². The minimum Gasteiger partial charge on any atom is -0.349 e. The number of hydrogen-bond acceptors (Lipinski definition) is 2. The fraction of sp³-hybridized carbons (Fsp3) is 0.833. The number of hydrogen-bond donors (Lipinski definition) is 0. The molecule has 4 heteroatoms. The first-order valence-corrected chi connectivity index (χ1v) is 11.5. The van der Waals surface area contributed by atoms with Gasteiger partial charge in [0.2, 0.25) is 0 Å². The Kier molecular flexibility index (Phi) is 8.98. The molecule has 0 spiro atoms. The van der Waals surface area contributed by atoms with Gasteiger partial charge in [0, 0.05) is 5.92 Å². The summed E-state index contributed by atoms with van der Waals surface area (Å²) >= 11 is 0. The molecule has 2 aliphatic carbocycles. The molecule has 0 aromatic rings. The van der Waals surface area contributed by atoms with Gasteiger partial charge in [-0.25, -0.2) is 0 Å². The molecular formula is C24H38F2O2. The van der Waals surface area contributed by atoms with Gasteiger partial charge >= 0.3 is 0 Å². The van der Waals surface area contributed by atoms with Crippen molar-refractivity contribution in [2.24, 2.45) is 29.6 Å². The Balaban J connectivity index is 1.28. The van der Waals surface area contributed by atoms with Gasteiger partial charge in [0.25, 0.3) is 6.08 Å². The standard InChI is InChI=1S/C24H38F2O2/c1-2-3-24-27-16-20(17-28-24)5-4-18-6-11-21(12-7-18)22-13-8-19(9-14-22)10-15-23(25)26/h2-3,15,18-22,24H,4-14,16-17H2,1H3/b3-2+. The molecule has 160 valence electrons. The zero-order valence-corrected chi connectivity index (χ0v) is 17.5. The van der Waals surface area contributed by atoms with E-state index in [0.29, 0.717) is 18.3 Å². The average Bonchev–Trinajstić information content (AvgIpc) is 2.73. The summed E-state index contributed by atoms with van der Waals surface area (Å²) in [6.45, 7) is 3.65. The summed E-state index contributed by atoms with van der Waals surface area (Å²) in [6.07, 6.45) is 16.8. The maximum Gasteiger partial charge on any atom is 0.266 e. The Labute approximate surface area is 169 Å². The highest BCUT2D eigenvalue weighted by atomic mass is 19.3. The van der Waals surface area contributed by atoms with E-state index in [0.717, 1.165) is 49.9 Å². The van der Waals surface area contributed by atoms with Crippen molar-refractivity contribution in [2.45, 2.75) is 83.8 Å². The van der Waals surface area contributed by atoms with Crippen LogP contribution in [0.15, 0.2) is 24.3 Å². The Hall–Kier alpha value is -0.740. The van der Waals surface area contributed by atoms with Crippen LogP contribution >= 0.6 is 0 Å². The van der Waals surface area contributed by atoms with Crippen molar-refractivity contribution in [3.8, 4) is 0 Å². The Morgan fingerprint density at radius 2 is 1.32 bits per heavy atom. The van der Waals surface area contributed by atoms with Crippen LogP contribution in [0.4, 0.5) is 8.78 Å². The molecule has 1 saturated heterocycles. The number of ether oxygens (including phenoxy) is 2. The van der Waals surface area contributed by atoms with Crippen molar-refractivity contribution >= 4 is 0 Å². The van der Waals surface area contributed by atoms with Crippen LogP contribution in [0.3, 0.4) is 0 Å². The molecule has 3 aliphatic rings. The molecule has 0 bridgehead atoms. The quantitative estimate of drug-likeness (QED) is 0.427. The van der Waals surface area contributed by atoms with E-state index in [1.807, 2.05) is 19.1 Å². The smallest absolute Gasteiger partial charge is 0.266 e. The summed E-state index contributed by atoms with van der Waals surface area (Å²) in [5.41, 5.74) is 0. The van der Waals surface area contributed by atoms with Crippen molar-refractivity contribution in [1.29, 1.82) is 0 Å². The number of halogens is 2. The van der Waals surface area contributed by atoms with Crippen molar-refractivity contribution in [3.05, 3.63) is 24.3 Å². The maximum absolute atomic E-state index is 12.3. The second kappa shape index (κ2) is 11.4. The van der Waals surface area contributed by atoms with Crippen LogP contribution in [0.2, 0.25) is 0 Å². The molecule has 1 aliphatic heterocycles. The first-order chi connectivity index (χ1) is 13.6. The van der Waals surface area contributed by atoms with Crippen LogP contribution in [0.1, 0.15) is 77.6 Å². The van der Waals surface area contributed by atoms with Crippen LogP contribution in [0.5, 0.6) is 0 Å². The van der Waals surface area contributed by atoms with Gasteiger partial charge < -0.3 is 9.47 Å². The second-order valence-electron chi connectivity index (χ2n) is 9.30. The van der Waals surface area contributed by atoms with E-state index < -0.39 is 6.08 Å². The summed E-state index contributed by atoms with van der Waals surface area (Å²) in [5, 5.41) is 0. The summed E-state index contributed by atoms with van der Waals surface area (Å²) in [6, 6.07) is 0. The van der Waals surface area contributed by atoms with E-state index in [9.17, 15) is 8.78 Å². The number of rotatable bonds is 7. The van der Waals surface area contributed by atoms with E-state index >= 15 is 0 Å². The second-order valence-corrected chi connectivity index (χ2v) is 9.30. The first-order valence-electron chi connectivity index (χ1n) is 11.5. The van der Waals surface area contributed by atoms with Crippen LogP contribution < -0.4 is 0 Å². The highest BCUT2D eigenvalue weighted by Crippen LogP contribution is 2.43. The minimum absolute atomic E-state index is 0.140. The molecule has 2 nitrogen and oxygen atoms in total. The zero-order valence-electron chi connectivity index (χ0n) is 17.5. The lowest BCUT2D eigenvalue weighted by molar-refractivity contribution is -0.175. The normalized spacial score (nSPS) is 37.1. The van der Waals surface area contributed by atoms with Crippen molar-refractivity contribution in [3.63, 3.8) is 0 Å². The van der Waals surface area contributed by atoms with E-state index in [1.165, 1.54) is 51.4 Å². The zero-order chi connectivity index (χ0) is 19.8. The maximum atomic E-state index is 12.3. The lowest BCUT2D eigenvalue weighted by atomic mass is 9.68. The Morgan fingerprint density at radius 1 is 0.786 bits per heavy atom. The lowest BCUT2D eigenvalue weighted by Gasteiger charge is -2.38.